The van der Waals surface area contributed by atoms with Gasteiger partial charge in [0.1, 0.15) is 17.4 Å². The van der Waals surface area contributed by atoms with E-state index < -0.39 is 11.5 Å². The Morgan fingerprint density at radius 1 is 1.22 bits per heavy atom. The van der Waals surface area contributed by atoms with Gasteiger partial charge in [-0.15, -0.1) is 0 Å². The molecule has 118 valence electrons. The van der Waals surface area contributed by atoms with E-state index in [2.05, 4.69) is 4.98 Å². The zero-order valence-electron chi connectivity index (χ0n) is 12.4. The van der Waals surface area contributed by atoms with Crippen LogP contribution in [0.5, 0.6) is 5.75 Å². The van der Waals surface area contributed by atoms with Crippen molar-refractivity contribution < 1.29 is 9.50 Å². The summed E-state index contributed by atoms with van der Waals surface area (Å²) >= 11 is 6.05. The van der Waals surface area contributed by atoms with E-state index >= 15 is 0 Å². The van der Waals surface area contributed by atoms with E-state index in [-0.39, 0.29) is 11.4 Å². The topological polar surface area (TPSA) is 58.4 Å². The van der Waals surface area contributed by atoms with Crippen LogP contribution in [0.4, 0.5) is 10.2 Å². The Hall–Kier alpha value is -2.60. The molecular formula is C16H13ClFN3O2. The van der Waals surface area contributed by atoms with Crippen LogP contribution in [0.25, 0.3) is 16.6 Å². The average Bonchev–Trinajstić information content (AvgIpc) is 2.44. The normalized spacial score (nSPS) is 11.0. The number of aromatic nitrogens is 2. The molecule has 0 aliphatic heterocycles. The van der Waals surface area contributed by atoms with Crippen LogP contribution < -0.4 is 10.6 Å². The van der Waals surface area contributed by atoms with Gasteiger partial charge in [-0.1, -0.05) is 11.6 Å². The predicted molar refractivity (Wildman–Crippen MR) is 88.3 cm³/mol. The number of hydrogen-bond donors (Lipinski definition) is 1. The maximum Gasteiger partial charge on any atom is 0.354 e. The monoisotopic (exact) mass is 333 g/mol. The summed E-state index contributed by atoms with van der Waals surface area (Å²) in [4.78, 5) is 18.2. The smallest absolute Gasteiger partial charge is 0.354 e. The minimum atomic E-state index is -0.654. The number of halogens is 2. The highest BCUT2D eigenvalue weighted by Gasteiger charge is 2.15. The first-order valence-corrected chi connectivity index (χ1v) is 7.14. The molecule has 0 aliphatic carbocycles. The van der Waals surface area contributed by atoms with Gasteiger partial charge in [0.25, 0.3) is 0 Å². The highest BCUT2D eigenvalue weighted by atomic mass is 35.5. The van der Waals surface area contributed by atoms with Gasteiger partial charge in [-0.05, 0) is 24.3 Å². The number of fused-ring (bicyclic) bond motifs is 1. The van der Waals surface area contributed by atoms with Crippen molar-refractivity contribution in [3.63, 3.8) is 0 Å². The van der Waals surface area contributed by atoms with Crippen LogP contribution in [-0.4, -0.2) is 28.8 Å². The number of rotatable bonds is 2. The van der Waals surface area contributed by atoms with Crippen LogP contribution in [0.3, 0.4) is 0 Å². The summed E-state index contributed by atoms with van der Waals surface area (Å²) in [5.41, 5.74) is 0.0669. The van der Waals surface area contributed by atoms with Gasteiger partial charge >= 0.3 is 5.69 Å². The van der Waals surface area contributed by atoms with Crippen molar-refractivity contribution in [2.75, 3.05) is 19.0 Å². The number of hydrogen-bond acceptors (Lipinski definition) is 4. The van der Waals surface area contributed by atoms with Crippen LogP contribution in [0.15, 0.2) is 41.2 Å². The summed E-state index contributed by atoms with van der Waals surface area (Å²) in [7, 11) is 3.54. The van der Waals surface area contributed by atoms with Gasteiger partial charge in [-0.25, -0.2) is 9.18 Å². The summed E-state index contributed by atoms with van der Waals surface area (Å²) in [6.45, 7) is 0. The molecule has 3 rings (SSSR count). The molecule has 0 saturated carbocycles. The lowest BCUT2D eigenvalue weighted by molar-refractivity contribution is 0.468. The van der Waals surface area contributed by atoms with E-state index in [4.69, 9.17) is 11.6 Å². The number of benzene rings is 2. The molecular weight excluding hydrogens is 321 g/mol. The molecule has 7 heteroatoms. The Bertz CT molecular complexity index is 949. The Balaban J connectivity index is 2.46. The zero-order chi connectivity index (χ0) is 16.7. The van der Waals surface area contributed by atoms with Crippen molar-refractivity contribution in [2.24, 2.45) is 0 Å². The highest BCUT2D eigenvalue weighted by molar-refractivity contribution is 6.31. The van der Waals surface area contributed by atoms with E-state index in [1.807, 2.05) is 0 Å². The van der Waals surface area contributed by atoms with Crippen LogP contribution in [0.2, 0.25) is 5.02 Å². The largest absolute Gasteiger partial charge is 0.508 e. The number of phenolic OH excluding ortho intramolecular Hbond substituents is 1. The van der Waals surface area contributed by atoms with Crippen molar-refractivity contribution in [3.05, 3.63) is 57.7 Å². The second-order valence-electron chi connectivity index (χ2n) is 5.28. The van der Waals surface area contributed by atoms with Gasteiger partial charge in [0, 0.05) is 36.6 Å². The minimum absolute atomic E-state index is 0.178. The summed E-state index contributed by atoms with van der Waals surface area (Å²) < 4.78 is 14.8. The third kappa shape index (κ3) is 2.73. The molecule has 0 saturated heterocycles. The van der Waals surface area contributed by atoms with E-state index in [9.17, 15) is 14.3 Å². The Kier molecular flexibility index (Phi) is 3.69. The number of anilines is 1. The molecule has 5 nitrogen and oxygen atoms in total. The number of phenols is 1. The number of aromatic hydroxyl groups is 1. The lowest BCUT2D eigenvalue weighted by atomic mass is 10.2. The molecule has 0 unspecified atom stereocenters. The van der Waals surface area contributed by atoms with E-state index in [0.29, 0.717) is 21.7 Å². The Morgan fingerprint density at radius 3 is 2.61 bits per heavy atom. The molecule has 0 amide bonds. The molecule has 2 aromatic carbocycles. The fourth-order valence-electron chi connectivity index (χ4n) is 2.46. The lowest BCUT2D eigenvalue weighted by Crippen LogP contribution is -2.25. The summed E-state index contributed by atoms with van der Waals surface area (Å²) in [5, 5.41) is 10.7. The van der Waals surface area contributed by atoms with Crippen molar-refractivity contribution in [1.29, 1.82) is 0 Å². The third-order valence-electron chi connectivity index (χ3n) is 3.38. The van der Waals surface area contributed by atoms with Gasteiger partial charge in [0.05, 0.1) is 11.2 Å². The SMILES string of the molecule is CN(C)c1nc(=O)n(-c2cc(O)cc(F)c2)c2cc(Cl)ccc12. The molecule has 0 aliphatic rings. The molecule has 1 heterocycles. The fourth-order valence-corrected chi connectivity index (χ4v) is 2.63. The van der Waals surface area contributed by atoms with Crippen LogP contribution >= 0.6 is 11.6 Å². The van der Waals surface area contributed by atoms with Crippen LogP contribution in [-0.2, 0) is 0 Å². The fraction of sp³-hybridized carbons (Fsp3) is 0.125. The van der Waals surface area contributed by atoms with E-state index in [1.54, 1.807) is 37.2 Å². The maximum absolute atomic E-state index is 13.6. The summed E-state index contributed by atoms with van der Waals surface area (Å²) in [6.07, 6.45) is 0. The first-order valence-electron chi connectivity index (χ1n) is 6.76. The van der Waals surface area contributed by atoms with Gasteiger partial charge in [0.2, 0.25) is 0 Å². The average molecular weight is 334 g/mol. The second kappa shape index (κ2) is 5.55. The van der Waals surface area contributed by atoms with Gasteiger partial charge in [0.15, 0.2) is 0 Å². The van der Waals surface area contributed by atoms with Crippen molar-refractivity contribution in [2.45, 2.75) is 0 Å². The molecule has 3 aromatic rings. The molecule has 23 heavy (non-hydrogen) atoms. The molecule has 1 N–H and O–H groups in total. The quantitative estimate of drug-likeness (QED) is 0.783. The minimum Gasteiger partial charge on any atom is -0.508 e. The van der Waals surface area contributed by atoms with Crippen molar-refractivity contribution in [1.82, 2.24) is 9.55 Å². The predicted octanol–water partition coefficient (Wildman–Crippen LogP) is 2.95. The van der Waals surface area contributed by atoms with Gasteiger partial charge < -0.3 is 10.0 Å². The lowest BCUT2D eigenvalue weighted by Gasteiger charge is -2.17. The summed E-state index contributed by atoms with van der Waals surface area (Å²) in [5.74, 6) is -0.448. The molecule has 0 bridgehead atoms. The molecule has 0 radical (unpaired) electrons. The highest BCUT2D eigenvalue weighted by Crippen LogP contribution is 2.27. The van der Waals surface area contributed by atoms with E-state index in [0.717, 1.165) is 12.1 Å². The Morgan fingerprint density at radius 2 is 1.96 bits per heavy atom. The first-order chi connectivity index (χ1) is 10.9. The molecule has 0 fully saturated rings. The molecule has 0 spiro atoms. The van der Waals surface area contributed by atoms with Crippen molar-refractivity contribution >= 4 is 28.3 Å². The molecule has 0 atom stereocenters. The first kappa shape index (κ1) is 15.3. The van der Waals surface area contributed by atoms with Crippen LogP contribution in [0.1, 0.15) is 0 Å². The van der Waals surface area contributed by atoms with E-state index in [1.165, 1.54) is 10.6 Å². The van der Waals surface area contributed by atoms with Gasteiger partial charge in [-0.3, -0.25) is 4.57 Å². The van der Waals surface area contributed by atoms with Crippen molar-refractivity contribution in [3.8, 4) is 11.4 Å². The molecule has 1 aromatic heterocycles. The number of nitrogens with zero attached hydrogens (tertiary/aromatic N) is 3. The zero-order valence-corrected chi connectivity index (χ0v) is 13.2. The standard InChI is InChI=1S/C16H13ClFN3O2/c1-20(2)15-13-4-3-9(17)5-14(13)21(16(23)19-15)11-6-10(18)7-12(22)8-11/h3-8,22H,1-2H3. The third-order valence-corrected chi connectivity index (χ3v) is 3.62. The van der Waals surface area contributed by atoms with Gasteiger partial charge in [-0.2, -0.15) is 4.98 Å². The maximum atomic E-state index is 13.6. The van der Waals surface area contributed by atoms with Crippen LogP contribution in [0, 0.1) is 5.82 Å². The Labute approximate surface area is 136 Å². The second-order valence-corrected chi connectivity index (χ2v) is 5.71. The summed E-state index contributed by atoms with van der Waals surface area (Å²) in [6, 6.07) is 8.45.